The van der Waals surface area contributed by atoms with E-state index in [2.05, 4.69) is 10.0 Å². The summed E-state index contributed by atoms with van der Waals surface area (Å²) in [5, 5.41) is 5.19. The molecule has 0 radical (unpaired) electrons. The van der Waals surface area contributed by atoms with Crippen molar-refractivity contribution in [3.63, 3.8) is 0 Å². The standard InChI is InChI=1S/C19H17ClN2O2S/c20-17-8-9-19(16-6-2-1-5-15(16)17)25(23,24)22-18-7-3-4-13-12-21-11-10-14(13)18/h1-9,21-22H,10-12H2. The largest absolute Gasteiger partial charge is 0.312 e. The minimum absolute atomic E-state index is 0.235. The molecule has 1 aliphatic heterocycles. The second kappa shape index (κ2) is 6.33. The fourth-order valence-electron chi connectivity index (χ4n) is 3.30. The number of nitrogens with one attached hydrogen (secondary N) is 2. The lowest BCUT2D eigenvalue weighted by molar-refractivity contribution is 0.601. The topological polar surface area (TPSA) is 58.2 Å². The molecule has 3 aromatic rings. The Morgan fingerprint density at radius 2 is 1.76 bits per heavy atom. The van der Waals surface area contributed by atoms with Gasteiger partial charge in [0.25, 0.3) is 10.0 Å². The Balaban J connectivity index is 1.81. The summed E-state index contributed by atoms with van der Waals surface area (Å²) >= 11 is 6.21. The molecule has 4 nitrogen and oxygen atoms in total. The summed E-state index contributed by atoms with van der Waals surface area (Å²) in [7, 11) is -3.72. The maximum Gasteiger partial charge on any atom is 0.262 e. The van der Waals surface area contributed by atoms with Crippen LogP contribution in [0.15, 0.2) is 59.5 Å². The molecule has 1 heterocycles. The van der Waals surface area contributed by atoms with Crippen molar-refractivity contribution in [2.45, 2.75) is 17.9 Å². The number of halogens is 1. The zero-order chi connectivity index (χ0) is 17.4. The molecule has 0 aliphatic carbocycles. The number of fused-ring (bicyclic) bond motifs is 2. The van der Waals surface area contributed by atoms with Crippen molar-refractivity contribution in [2.24, 2.45) is 0 Å². The lowest BCUT2D eigenvalue weighted by Gasteiger charge is -2.21. The first-order valence-electron chi connectivity index (χ1n) is 8.08. The third kappa shape index (κ3) is 2.99. The molecule has 0 saturated heterocycles. The van der Waals surface area contributed by atoms with E-state index in [1.54, 1.807) is 18.2 Å². The van der Waals surface area contributed by atoms with Crippen LogP contribution >= 0.6 is 11.6 Å². The average molecular weight is 373 g/mol. The second-order valence-corrected chi connectivity index (χ2v) is 8.12. The van der Waals surface area contributed by atoms with E-state index in [0.717, 1.165) is 36.0 Å². The van der Waals surface area contributed by atoms with Gasteiger partial charge in [-0.2, -0.15) is 0 Å². The van der Waals surface area contributed by atoms with E-state index < -0.39 is 10.0 Å². The monoisotopic (exact) mass is 372 g/mol. The molecule has 3 aromatic carbocycles. The maximum absolute atomic E-state index is 13.0. The van der Waals surface area contributed by atoms with Crippen LogP contribution in [-0.4, -0.2) is 15.0 Å². The van der Waals surface area contributed by atoms with Gasteiger partial charge in [-0.1, -0.05) is 48.0 Å². The van der Waals surface area contributed by atoms with Crippen LogP contribution in [0.2, 0.25) is 5.02 Å². The predicted octanol–water partition coefficient (Wildman–Crippen LogP) is 3.94. The molecule has 25 heavy (non-hydrogen) atoms. The number of rotatable bonds is 3. The zero-order valence-electron chi connectivity index (χ0n) is 13.4. The molecule has 0 fully saturated rings. The van der Waals surface area contributed by atoms with Crippen molar-refractivity contribution in [1.82, 2.24) is 5.32 Å². The van der Waals surface area contributed by atoms with Gasteiger partial charge >= 0.3 is 0 Å². The zero-order valence-corrected chi connectivity index (χ0v) is 15.0. The summed E-state index contributed by atoms with van der Waals surface area (Å²) in [4.78, 5) is 0.235. The van der Waals surface area contributed by atoms with E-state index in [4.69, 9.17) is 11.6 Å². The molecule has 4 rings (SSSR count). The summed E-state index contributed by atoms with van der Waals surface area (Å²) in [5.74, 6) is 0. The molecule has 0 spiro atoms. The number of hydrogen-bond acceptors (Lipinski definition) is 3. The van der Waals surface area contributed by atoms with E-state index in [0.29, 0.717) is 16.1 Å². The second-order valence-electron chi connectivity index (χ2n) is 6.07. The molecule has 0 bridgehead atoms. The molecule has 0 aromatic heterocycles. The summed E-state index contributed by atoms with van der Waals surface area (Å²) in [5.41, 5.74) is 2.84. The van der Waals surface area contributed by atoms with Gasteiger partial charge in [0.15, 0.2) is 0 Å². The van der Waals surface area contributed by atoms with Crippen LogP contribution in [0.3, 0.4) is 0 Å². The highest BCUT2D eigenvalue weighted by Gasteiger charge is 2.21. The van der Waals surface area contributed by atoms with Crippen molar-refractivity contribution in [3.05, 3.63) is 70.7 Å². The highest BCUT2D eigenvalue weighted by Crippen LogP contribution is 2.31. The van der Waals surface area contributed by atoms with Crippen LogP contribution in [0.5, 0.6) is 0 Å². The summed E-state index contributed by atoms with van der Waals surface area (Å²) < 4.78 is 28.9. The molecule has 1 aliphatic rings. The first-order chi connectivity index (χ1) is 12.1. The minimum atomic E-state index is -3.72. The molecule has 0 atom stereocenters. The van der Waals surface area contributed by atoms with Crippen LogP contribution in [0.4, 0.5) is 5.69 Å². The van der Waals surface area contributed by atoms with Crippen molar-refractivity contribution in [1.29, 1.82) is 0 Å². The number of sulfonamides is 1. The van der Waals surface area contributed by atoms with Crippen LogP contribution < -0.4 is 10.0 Å². The Labute approximate surface area is 151 Å². The van der Waals surface area contributed by atoms with Gasteiger partial charge in [-0.3, -0.25) is 4.72 Å². The molecule has 6 heteroatoms. The maximum atomic E-state index is 13.0. The van der Waals surface area contributed by atoms with Gasteiger partial charge < -0.3 is 5.32 Å². The Morgan fingerprint density at radius 1 is 0.960 bits per heavy atom. The van der Waals surface area contributed by atoms with E-state index in [1.165, 1.54) is 0 Å². The third-order valence-corrected chi connectivity index (χ3v) is 6.26. The lowest BCUT2D eigenvalue weighted by Crippen LogP contribution is -2.25. The quantitative estimate of drug-likeness (QED) is 0.732. The highest BCUT2D eigenvalue weighted by molar-refractivity contribution is 7.93. The molecular formula is C19H17ClN2O2S. The van der Waals surface area contributed by atoms with Gasteiger partial charge in [-0.15, -0.1) is 0 Å². The van der Waals surface area contributed by atoms with Gasteiger partial charge in [0.2, 0.25) is 0 Å². The Hall–Kier alpha value is -2.08. The Bertz CT molecular complexity index is 1060. The first-order valence-corrected chi connectivity index (χ1v) is 9.94. The first kappa shape index (κ1) is 16.4. The SMILES string of the molecule is O=S(=O)(Nc1cccc2c1CCNC2)c1ccc(Cl)c2ccccc12. The summed E-state index contributed by atoms with van der Waals surface area (Å²) in [6.07, 6.45) is 0.801. The van der Waals surface area contributed by atoms with Gasteiger partial charge in [-0.25, -0.2) is 8.42 Å². The Kier molecular flexibility index (Phi) is 4.15. The Morgan fingerprint density at radius 3 is 2.60 bits per heavy atom. The van der Waals surface area contributed by atoms with Crippen molar-refractivity contribution >= 4 is 38.1 Å². The minimum Gasteiger partial charge on any atom is -0.312 e. The number of hydrogen-bond donors (Lipinski definition) is 2. The van der Waals surface area contributed by atoms with Gasteiger partial charge in [-0.05, 0) is 42.3 Å². The van der Waals surface area contributed by atoms with E-state index in [-0.39, 0.29) is 4.90 Å². The van der Waals surface area contributed by atoms with E-state index >= 15 is 0 Å². The number of benzene rings is 3. The smallest absolute Gasteiger partial charge is 0.262 e. The third-order valence-electron chi connectivity index (χ3n) is 4.50. The van der Waals surface area contributed by atoms with Crippen molar-refractivity contribution < 1.29 is 8.42 Å². The number of anilines is 1. The molecule has 0 saturated carbocycles. The fraction of sp³-hybridized carbons (Fsp3) is 0.158. The van der Waals surface area contributed by atoms with Crippen LogP contribution in [-0.2, 0) is 23.0 Å². The lowest BCUT2D eigenvalue weighted by atomic mass is 9.99. The average Bonchev–Trinajstić information content (AvgIpc) is 2.62. The normalized spacial score (nSPS) is 14.3. The van der Waals surface area contributed by atoms with E-state index in [1.807, 2.05) is 36.4 Å². The van der Waals surface area contributed by atoms with Crippen LogP contribution in [0.1, 0.15) is 11.1 Å². The molecule has 0 amide bonds. The van der Waals surface area contributed by atoms with Crippen molar-refractivity contribution in [2.75, 3.05) is 11.3 Å². The van der Waals surface area contributed by atoms with Crippen LogP contribution in [0, 0.1) is 0 Å². The van der Waals surface area contributed by atoms with Gasteiger partial charge in [0, 0.05) is 22.3 Å². The van der Waals surface area contributed by atoms with Gasteiger partial charge in [0.05, 0.1) is 10.6 Å². The van der Waals surface area contributed by atoms with E-state index in [9.17, 15) is 8.42 Å². The summed E-state index contributed by atoms with van der Waals surface area (Å²) in [6, 6.07) is 16.2. The van der Waals surface area contributed by atoms with Gasteiger partial charge in [0.1, 0.15) is 0 Å². The molecule has 128 valence electrons. The van der Waals surface area contributed by atoms with Crippen LogP contribution in [0.25, 0.3) is 10.8 Å². The predicted molar refractivity (Wildman–Crippen MR) is 102 cm³/mol. The summed E-state index contributed by atoms with van der Waals surface area (Å²) in [6.45, 7) is 1.60. The highest BCUT2D eigenvalue weighted by atomic mass is 35.5. The fourth-order valence-corrected chi connectivity index (χ4v) is 4.83. The molecule has 2 N–H and O–H groups in total. The van der Waals surface area contributed by atoms with Crippen molar-refractivity contribution in [3.8, 4) is 0 Å². The molecular weight excluding hydrogens is 356 g/mol. The molecule has 0 unspecified atom stereocenters.